The van der Waals surface area contributed by atoms with Crippen LogP contribution in [0.3, 0.4) is 0 Å². The van der Waals surface area contributed by atoms with Gasteiger partial charge in [-0.05, 0) is 25.1 Å². The van der Waals surface area contributed by atoms with Gasteiger partial charge in [0.1, 0.15) is 0 Å². The predicted molar refractivity (Wildman–Crippen MR) is 85.0 cm³/mol. The van der Waals surface area contributed by atoms with Crippen molar-refractivity contribution >= 4 is 22.5 Å². The first kappa shape index (κ1) is 13.4. The largest absolute Gasteiger partial charge is 0.342 e. The molecule has 4 rings (SSSR count). The minimum atomic E-state index is -0.280. The maximum absolute atomic E-state index is 12.6. The summed E-state index contributed by atoms with van der Waals surface area (Å²) < 4.78 is 1.86. The molecule has 1 atom stereocenters. The second-order valence-electron chi connectivity index (χ2n) is 5.32. The summed E-state index contributed by atoms with van der Waals surface area (Å²) in [4.78, 5) is 12.6. The van der Waals surface area contributed by atoms with Crippen LogP contribution in [0.2, 0.25) is 0 Å². The monoisotopic (exact) mass is 306 g/mol. The lowest BCUT2D eigenvalue weighted by Crippen LogP contribution is -2.28. The molecule has 4 aromatic rings. The first-order valence-electron chi connectivity index (χ1n) is 7.26. The molecule has 0 radical (unpaired) electrons. The van der Waals surface area contributed by atoms with Crippen molar-refractivity contribution < 1.29 is 4.79 Å². The Kier molecular flexibility index (Phi) is 3.04. The van der Waals surface area contributed by atoms with Crippen molar-refractivity contribution in [2.45, 2.75) is 13.0 Å². The van der Waals surface area contributed by atoms with Crippen LogP contribution in [0.5, 0.6) is 0 Å². The van der Waals surface area contributed by atoms with E-state index >= 15 is 0 Å². The molecular weight excluding hydrogens is 292 g/mol. The Bertz CT molecular complexity index is 1000. The highest BCUT2D eigenvalue weighted by Crippen LogP contribution is 2.17. The zero-order valence-corrected chi connectivity index (χ0v) is 12.4. The molecule has 1 amide bonds. The van der Waals surface area contributed by atoms with Crippen LogP contribution in [0.1, 0.15) is 29.1 Å². The van der Waals surface area contributed by atoms with Gasteiger partial charge in [-0.2, -0.15) is 5.10 Å². The van der Waals surface area contributed by atoms with E-state index in [0.29, 0.717) is 11.4 Å². The molecule has 1 unspecified atom stereocenters. The highest BCUT2D eigenvalue weighted by atomic mass is 16.1. The zero-order chi connectivity index (χ0) is 15.8. The smallest absolute Gasteiger partial charge is 0.254 e. The third-order valence-corrected chi connectivity index (χ3v) is 3.80. The fourth-order valence-electron chi connectivity index (χ4n) is 2.65. The van der Waals surface area contributed by atoms with Crippen LogP contribution in [0.4, 0.5) is 0 Å². The number of benzene rings is 1. The van der Waals surface area contributed by atoms with Gasteiger partial charge in [0.05, 0.1) is 23.3 Å². The van der Waals surface area contributed by atoms with E-state index in [4.69, 9.17) is 0 Å². The molecule has 0 aliphatic carbocycles. The molecule has 3 heterocycles. The average molecular weight is 306 g/mol. The van der Waals surface area contributed by atoms with E-state index in [1.807, 2.05) is 47.9 Å². The summed E-state index contributed by atoms with van der Waals surface area (Å²) in [5.41, 5.74) is 2.03. The molecule has 7 heteroatoms. The molecular formula is C16H14N6O. The third kappa shape index (κ3) is 2.22. The fraction of sp³-hybridized carbons (Fsp3) is 0.125. The number of H-pyrrole nitrogens is 1. The minimum absolute atomic E-state index is 0.181. The van der Waals surface area contributed by atoms with E-state index in [1.54, 1.807) is 12.3 Å². The summed E-state index contributed by atoms with van der Waals surface area (Å²) in [6, 6.07) is 10.9. The van der Waals surface area contributed by atoms with E-state index < -0.39 is 0 Å². The van der Waals surface area contributed by atoms with Crippen LogP contribution in [0.25, 0.3) is 16.6 Å². The molecule has 0 bridgehead atoms. The SMILES string of the molecule is CC(NC(=O)c1cccc2cn[nH]c12)c1nnc2ccccn12. The van der Waals surface area contributed by atoms with Gasteiger partial charge in [-0.25, -0.2) is 0 Å². The number of carbonyl (C=O) groups is 1. The van der Waals surface area contributed by atoms with E-state index in [0.717, 1.165) is 16.6 Å². The first-order chi connectivity index (χ1) is 11.2. The molecule has 0 saturated heterocycles. The van der Waals surface area contributed by atoms with Gasteiger partial charge in [0.25, 0.3) is 5.91 Å². The van der Waals surface area contributed by atoms with Crippen LogP contribution in [-0.2, 0) is 0 Å². The lowest BCUT2D eigenvalue weighted by molar-refractivity contribution is 0.0939. The van der Waals surface area contributed by atoms with Crippen LogP contribution in [-0.4, -0.2) is 30.7 Å². The Labute approximate surface area is 131 Å². The highest BCUT2D eigenvalue weighted by Gasteiger charge is 2.18. The number of pyridine rings is 1. The van der Waals surface area contributed by atoms with E-state index in [2.05, 4.69) is 25.7 Å². The zero-order valence-electron chi connectivity index (χ0n) is 12.4. The maximum atomic E-state index is 12.6. The van der Waals surface area contributed by atoms with Gasteiger partial charge in [0.2, 0.25) is 0 Å². The van der Waals surface area contributed by atoms with Crippen molar-refractivity contribution in [1.82, 2.24) is 30.1 Å². The Morgan fingerprint density at radius 1 is 1.22 bits per heavy atom. The summed E-state index contributed by atoms with van der Waals surface area (Å²) in [5.74, 6) is 0.505. The number of aromatic amines is 1. The summed E-state index contributed by atoms with van der Waals surface area (Å²) >= 11 is 0. The van der Waals surface area contributed by atoms with Gasteiger partial charge in [0, 0.05) is 11.6 Å². The number of rotatable bonds is 3. The van der Waals surface area contributed by atoms with Crippen LogP contribution in [0, 0.1) is 0 Å². The molecule has 2 N–H and O–H groups in total. The highest BCUT2D eigenvalue weighted by molar-refractivity contribution is 6.05. The number of hydrogen-bond donors (Lipinski definition) is 2. The van der Waals surface area contributed by atoms with Gasteiger partial charge < -0.3 is 5.32 Å². The number of carbonyl (C=O) groups excluding carboxylic acids is 1. The number of hydrogen-bond acceptors (Lipinski definition) is 4. The van der Waals surface area contributed by atoms with Crippen molar-refractivity contribution in [3.05, 3.63) is 60.2 Å². The van der Waals surface area contributed by atoms with E-state index in [1.165, 1.54) is 0 Å². The van der Waals surface area contributed by atoms with Crippen molar-refractivity contribution in [1.29, 1.82) is 0 Å². The quantitative estimate of drug-likeness (QED) is 0.606. The normalized spacial score (nSPS) is 12.6. The van der Waals surface area contributed by atoms with Crippen molar-refractivity contribution in [2.24, 2.45) is 0 Å². The Hall–Kier alpha value is -3.22. The summed E-state index contributed by atoms with van der Waals surface area (Å²) in [6.45, 7) is 1.88. The molecule has 1 aromatic carbocycles. The van der Waals surface area contributed by atoms with Gasteiger partial charge in [0.15, 0.2) is 11.5 Å². The molecule has 114 valence electrons. The molecule has 0 spiro atoms. The number of amides is 1. The van der Waals surface area contributed by atoms with E-state index in [9.17, 15) is 4.79 Å². The second kappa shape index (κ2) is 5.20. The molecule has 7 nitrogen and oxygen atoms in total. The number of para-hydroxylation sites is 1. The Morgan fingerprint density at radius 2 is 2.13 bits per heavy atom. The van der Waals surface area contributed by atoms with Gasteiger partial charge in [-0.1, -0.05) is 18.2 Å². The lowest BCUT2D eigenvalue weighted by atomic mass is 10.1. The second-order valence-corrected chi connectivity index (χ2v) is 5.32. The number of nitrogens with zero attached hydrogens (tertiary/aromatic N) is 4. The molecule has 0 aliphatic heterocycles. The van der Waals surface area contributed by atoms with Crippen LogP contribution >= 0.6 is 0 Å². The van der Waals surface area contributed by atoms with Crippen LogP contribution in [0.15, 0.2) is 48.8 Å². The summed E-state index contributed by atoms with van der Waals surface area (Å²) in [7, 11) is 0. The summed E-state index contributed by atoms with van der Waals surface area (Å²) in [6.07, 6.45) is 3.57. The van der Waals surface area contributed by atoms with Crippen LogP contribution < -0.4 is 5.32 Å². The third-order valence-electron chi connectivity index (χ3n) is 3.80. The molecule has 0 saturated carbocycles. The first-order valence-corrected chi connectivity index (χ1v) is 7.26. The maximum Gasteiger partial charge on any atom is 0.254 e. The Balaban J connectivity index is 1.65. The average Bonchev–Trinajstić information content (AvgIpc) is 3.20. The predicted octanol–water partition coefficient (Wildman–Crippen LogP) is 2.10. The lowest BCUT2D eigenvalue weighted by Gasteiger charge is -2.12. The molecule has 0 aliphatic rings. The van der Waals surface area contributed by atoms with Gasteiger partial charge >= 0.3 is 0 Å². The summed E-state index contributed by atoms with van der Waals surface area (Å²) in [5, 5.41) is 19.0. The minimum Gasteiger partial charge on any atom is -0.342 e. The van der Waals surface area contributed by atoms with Crippen molar-refractivity contribution in [3.63, 3.8) is 0 Å². The standard InChI is InChI=1S/C16H14N6O/c1-10(15-21-19-13-7-2-3-8-22(13)15)18-16(23)12-6-4-5-11-9-17-20-14(11)12/h2-10H,1H3,(H,17,20)(H,18,23). The van der Waals surface area contributed by atoms with Gasteiger partial charge in [-0.15, -0.1) is 10.2 Å². The molecule has 0 fully saturated rings. The van der Waals surface area contributed by atoms with Gasteiger partial charge in [-0.3, -0.25) is 14.3 Å². The van der Waals surface area contributed by atoms with Crippen molar-refractivity contribution in [3.8, 4) is 0 Å². The van der Waals surface area contributed by atoms with E-state index in [-0.39, 0.29) is 11.9 Å². The topological polar surface area (TPSA) is 88.0 Å². The number of nitrogens with one attached hydrogen (secondary N) is 2. The molecule has 23 heavy (non-hydrogen) atoms. The Morgan fingerprint density at radius 3 is 3.04 bits per heavy atom. The number of fused-ring (bicyclic) bond motifs is 2. The number of aromatic nitrogens is 5. The fourth-order valence-corrected chi connectivity index (χ4v) is 2.65. The molecule has 3 aromatic heterocycles. The van der Waals surface area contributed by atoms with Crippen molar-refractivity contribution in [2.75, 3.05) is 0 Å².